The number of primary amides is 1. The number of imide groups is 1. The molecule has 12 atom stereocenters. The van der Waals surface area contributed by atoms with Crippen molar-refractivity contribution in [3.05, 3.63) is 77.9 Å². The van der Waals surface area contributed by atoms with Gasteiger partial charge in [-0.05, 0) is 106 Å². The summed E-state index contributed by atoms with van der Waals surface area (Å²) in [5, 5.41) is 32.0. The number of esters is 1. The summed E-state index contributed by atoms with van der Waals surface area (Å²) in [5.74, 6) is -3.28. The van der Waals surface area contributed by atoms with Gasteiger partial charge in [0.15, 0.2) is 6.10 Å². The minimum Gasteiger partial charge on any atom is -0.457 e. The molecule has 24 nitrogen and oxygen atoms in total. The third kappa shape index (κ3) is 22.5. The Kier molecular flexibility index (Phi) is 27.9. The topological polar surface area (TPSA) is 327 Å². The number of allylic oxidation sites excluding steroid dienone is 3. The van der Waals surface area contributed by atoms with Crippen LogP contribution >= 0.6 is 0 Å². The van der Waals surface area contributed by atoms with Crippen LogP contribution in [0, 0.1) is 23.7 Å². The minimum atomic E-state index is -1.10. The molecule has 0 radical (unpaired) electrons. The number of epoxide rings is 1. The fourth-order valence-corrected chi connectivity index (χ4v) is 10.6. The fraction of sp³-hybridized carbons (Fsp3) is 0.635. The van der Waals surface area contributed by atoms with Crippen LogP contribution in [0.5, 0.6) is 0 Å². The lowest BCUT2D eigenvalue weighted by Gasteiger charge is -2.38. The lowest BCUT2D eigenvalue weighted by Crippen LogP contribution is -2.54. The molecule has 2 fully saturated rings. The van der Waals surface area contributed by atoms with Crippen molar-refractivity contribution < 1.29 is 77.0 Å². The first kappa shape index (κ1) is 70.6. The van der Waals surface area contributed by atoms with E-state index in [0.717, 1.165) is 16.9 Å². The van der Waals surface area contributed by atoms with Crippen molar-refractivity contribution in [1.29, 1.82) is 0 Å². The number of amides is 9. The molecular weight excluding hydrogens is 1120 g/mol. The Labute approximate surface area is 511 Å². The molecule has 1 aromatic carbocycles. The Balaban J connectivity index is 1.11. The van der Waals surface area contributed by atoms with E-state index in [9.17, 15) is 53.4 Å². The molecule has 2 saturated heterocycles. The van der Waals surface area contributed by atoms with Crippen LogP contribution in [0.25, 0.3) is 0 Å². The number of nitrogens with zero attached hydrogens (tertiary/aromatic N) is 3. The number of nitrogens with two attached hydrogens (primary N) is 1. The number of unbranched alkanes of at least 4 members (excludes halogenated alkanes) is 2. The van der Waals surface area contributed by atoms with Crippen LogP contribution in [-0.2, 0) is 59.1 Å². The number of aliphatic hydroxyl groups is 2. The van der Waals surface area contributed by atoms with E-state index in [1.54, 1.807) is 51.1 Å². The van der Waals surface area contributed by atoms with Gasteiger partial charge >= 0.3 is 24.2 Å². The number of cyclic esters (lactones) is 1. The van der Waals surface area contributed by atoms with Crippen molar-refractivity contribution in [3.8, 4) is 0 Å². The van der Waals surface area contributed by atoms with Crippen molar-refractivity contribution in [1.82, 2.24) is 30.7 Å². The molecule has 8 N–H and O–H groups in total. The van der Waals surface area contributed by atoms with Crippen LogP contribution in [0.3, 0.4) is 0 Å². The normalized spacial score (nSPS) is 24.9. The molecule has 4 heterocycles. The van der Waals surface area contributed by atoms with Crippen molar-refractivity contribution in [3.63, 3.8) is 0 Å². The number of hydrogen-bond donors (Lipinski definition) is 7. The van der Waals surface area contributed by atoms with E-state index < -0.39 is 78.1 Å². The summed E-state index contributed by atoms with van der Waals surface area (Å²) in [4.78, 5) is 120. The van der Waals surface area contributed by atoms with Crippen molar-refractivity contribution >= 4 is 59.4 Å². The Bertz CT molecular complexity index is 2620. The molecule has 0 aromatic heterocycles. The number of aliphatic hydroxyl groups excluding tert-OH is 2. The summed E-state index contributed by atoms with van der Waals surface area (Å²) in [6.45, 7) is 16.0. The Morgan fingerprint density at radius 2 is 1.56 bits per heavy atom. The van der Waals surface area contributed by atoms with Crippen LogP contribution in [0.15, 0.2) is 72.4 Å². The van der Waals surface area contributed by atoms with Gasteiger partial charge in [0.05, 0.1) is 30.8 Å². The molecule has 0 spiro atoms. The van der Waals surface area contributed by atoms with Gasteiger partial charge in [0.25, 0.3) is 11.8 Å². The third-order valence-electron chi connectivity index (χ3n) is 16.4. The van der Waals surface area contributed by atoms with E-state index in [2.05, 4.69) is 34.3 Å². The highest BCUT2D eigenvalue weighted by Gasteiger charge is 2.45. The first-order valence-corrected chi connectivity index (χ1v) is 30.6. The first-order valence-electron chi connectivity index (χ1n) is 30.6. The van der Waals surface area contributed by atoms with E-state index in [-0.39, 0.29) is 138 Å². The average Bonchev–Trinajstić information content (AvgIpc) is 2.97. The van der Waals surface area contributed by atoms with Gasteiger partial charge in [-0.2, -0.15) is 0 Å². The van der Waals surface area contributed by atoms with Crippen molar-refractivity contribution in [2.45, 2.75) is 187 Å². The van der Waals surface area contributed by atoms with E-state index >= 15 is 0 Å². The quantitative estimate of drug-likeness (QED) is 0.0101. The van der Waals surface area contributed by atoms with Gasteiger partial charge in [-0.1, -0.05) is 84.4 Å². The Morgan fingerprint density at radius 3 is 2.20 bits per heavy atom. The number of benzene rings is 1. The summed E-state index contributed by atoms with van der Waals surface area (Å²) in [6, 6.07) is 3.74. The Morgan fingerprint density at radius 1 is 0.897 bits per heavy atom. The van der Waals surface area contributed by atoms with Gasteiger partial charge in [-0.25, -0.2) is 14.4 Å². The van der Waals surface area contributed by atoms with E-state index in [4.69, 9.17) is 29.4 Å². The molecule has 482 valence electrons. The number of rotatable bonds is 28. The zero-order valence-electron chi connectivity index (χ0n) is 52.0. The lowest BCUT2D eigenvalue weighted by molar-refractivity contribution is -0.151. The number of carbonyl (C=O) groups is 9. The van der Waals surface area contributed by atoms with Crippen molar-refractivity contribution in [2.75, 3.05) is 51.7 Å². The first-order chi connectivity index (χ1) is 41.3. The lowest BCUT2D eigenvalue weighted by atomic mass is 9.88. The van der Waals surface area contributed by atoms with Crippen LogP contribution < -0.4 is 27.0 Å². The van der Waals surface area contributed by atoms with Crippen LogP contribution in [0.1, 0.15) is 132 Å². The van der Waals surface area contributed by atoms with Gasteiger partial charge in [-0.3, -0.25) is 33.7 Å². The number of ether oxygens (including phenoxy) is 5. The molecule has 0 aliphatic carbocycles. The van der Waals surface area contributed by atoms with Gasteiger partial charge in [0, 0.05) is 82.5 Å². The predicted octanol–water partition coefficient (Wildman–Crippen LogP) is 5.70. The van der Waals surface area contributed by atoms with E-state index in [0.29, 0.717) is 36.9 Å². The average molecular weight is 1220 g/mol. The minimum absolute atomic E-state index is 0.0445. The number of carbonyl (C=O) groups excluding carboxylic acids is 9. The molecule has 87 heavy (non-hydrogen) atoms. The molecule has 9 amide bonds. The van der Waals surface area contributed by atoms with E-state index in [1.165, 1.54) is 29.1 Å². The Hall–Kier alpha value is -7.15. The molecular formula is C63H94N8O16. The van der Waals surface area contributed by atoms with Crippen LogP contribution in [-0.4, -0.2) is 179 Å². The number of piperazine rings is 1. The standard InChI is InChI=1S/C63H94N8O16/c1-10-48(73)43(7)57-49(85-57)36-40(4)16-14-17-41(5)56-42(6)20-25-50(63(8,83-9)29-28-46(72)37-54(77)87-56)86-62(82)70-34-32-69(33-35-70)61(81)84-38-44-21-23-45(24-22-44)66-58(78)47(18-15-30-65-60(64)80)67-59(79)55(39(2)3)68-51(74)19-12-11-13-31-71-52(75)26-27-53(71)76/h14,16-17,20-27,39-40,42-43,46-50,55-57,72-73H,10-13,15,18-19,28-38H2,1-9H3,(H,66,78)(H,67,79)(H,68,74)(H3,64,65,80)/b16-14+,25-20+,41-17+/t40?,42-,43+,46+,47?,48-,49+,50-,55?,56+,57+,63+/m0/s1. The SMILES string of the molecule is CC[C@H](O)[C@@H](C)[C@H]1O[C@@H]1CC(C)/C=C/C=C(\C)[C@H]1OC(=O)C[C@H](O)CC[C@@](C)(OC)[C@@H](OC(=O)N2CCN(C(=O)OCc3ccc(NC(=O)C(CCCNC(N)=O)NC(=O)C(NC(=O)CCCCCN4C(=O)C=CC4=O)C(C)C)cc3)CC2)/C=C/[C@@H]1C. The highest BCUT2D eigenvalue weighted by atomic mass is 16.6. The van der Waals surface area contributed by atoms with E-state index in [1.807, 2.05) is 45.9 Å². The monoisotopic (exact) mass is 1220 g/mol. The molecule has 1 aromatic rings. The smallest absolute Gasteiger partial charge is 0.410 e. The summed E-state index contributed by atoms with van der Waals surface area (Å²) in [7, 11) is 1.50. The van der Waals surface area contributed by atoms with Crippen molar-refractivity contribution in [2.24, 2.45) is 29.4 Å². The number of methoxy groups -OCH3 is 1. The van der Waals surface area contributed by atoms with Gasteiger partial charge in [0.1, 0.15) is 30.4 Å². The molecule has 4 aliphatic heterocycles. The summed E-state index contributed by atoms with van der Waals surface area (Å²) >= 11 is 0. The second-order valence-electron chi connectivity index (χ2n) is 23.8. The maximum atomic E-state index is 13.9. The van der Waals surface area contributed by atoms with Gasteiger partial charge in [0.2, 0.25) is 17.7 Å². The zero-order chi connectivity index (χ0) is 64.0. The molecule has 4 aliphatic rings. The molecule has 5 rings (SSSR count). The fourth-order valence-electron chi connectivity index (χ4n) is 10.6. The summed E-state index contributed by atoms with van der Waals surface area (Å²) < 4.78 is 29.7. The van der Waals surface area contributed by atoms with Crippen LogP contribution in [0.4, 0.5) is 20.1 Å². The van der Waals surface area contributed by atoms with Gasteiger partial charge < -0.3 is 70.7 Å². The zero-order valence-corrected chi connectivity index (χ0v) is 52.0. The maximum Gasteiger partial charge on any atom is 0.410 e. The number of hydrogen-bond acceptors (Lipinski definition) is 16. The third-order valence-corrected chi connectivity index (χ3v) is 16.4. The molecule has 3 unspecified atom stereocenters. The molecule has 0 saturated carbocycles. The summed E-state index contributed by atoms with van der Waals surface area (Å²) in [5.41, 5.74) is 5.88. The largest absolute Gasteiger partial charge is 0.457 e. The highest BCUT2D eigenvalue weighted by Crippen LogP contribution is 2.37. The number of urea groups is 1. The molecule has 24 heteroatoms. The number of anilines is 1. The predicted molar refractivity (Wildman–Crippen MR) is 323 cm³/mol. The second-order valence-corrected chi connectivity index (χ2v) is 23.8. The van der Waals surface area contributed by atoms with Crippen LogP contribution in [0.2, 0.25) is 0 Å². The van der Waals surface area contributed by atoms with Gasteiger partial charge in [-0.15, -0.1) is 0 Å². The number of nitrogens with one attached hydrogen (secondary N) is 4. The summed E-state index contributed by atoms with van der Waals surface area (Å²) in [6.07, 6.45) is 11.4. The maximum absolute atomic E-state index is 13.9. The second kappa shape index (κ2) is 34.4. The molecule has 0 bridgehead atoms. The highest BCUT2D eigenvalue weighted by molar-refractivity contribution is 6.12.